The van der Waals surface area contributed by atoms with E-state index in [0.29, 0.717) is 85.2 Å². The van der Waals surface area contributed by atoms with Crippen LogP contribution in [-0.2, 0) is 47.5 Å². The van der Waals surface area contributed by atoms with Crippen molar-refractivity contribution < 1.29 is 47.5 Å². The van der Waals surface area contributed by atoms with Crippen LogP contribution in [0.2, 0.25) is 0 Å². The van der Waals surface area contributed by atoms with Crippen molar-refractivity contribution in [1.82, 2.24) is 15.3 Å². The zero-order chi connectivity index (χ0) is 32.1. The molecule has 13 heteroatoms. The van der Waals surface area contributed by atoms with Crippen LogP contribution in [0.3, 0.4) is 0 Å². The number of epoxide rings is 4. The molecule has 0 aliphatic carbocycles. The molecule has 0 radical (unpaired) electrons. The fraction of sp³-hybridized carbons (Fsp3) is 0.939. The van der Waals surface area contributed by atoms with E-state index in [9.17, 15) is 9.59 Å². The third-order valence-electron chi connectivity index (χ3n) is 8.10. The summed E-state index contributed by atoms with van der Waals surface area (Å²) >= 11 is 0. The predicted molar refractivity (Wildman–Crippen MR) is 169 cm³/mol. The molecule has 4 unspecified atom stereocenters. The Morgan fingerprint density at radius 2 is 0.957 bits per heavy atom. The van der Waals surface area contributed by atoms with Crippen LogP contribution in [0.25, 0.3) is 0 Å². The number of carbonyl (C=O) groups excluding carboxylic acids is 2. The molecule has 0 aromatic rings. The Kier molecular flexibility index (Phi) is 18.7. The number of hydrogen-bond donors (Lipinski definition) is 1. The first-order valence-electron chi connectivity index (χ1n) is 17.8. The minimum atomic E-state index is -0.00603. The van der Waals surface area contributed by atoms with Crippen molar-refractivity contribution in [3.63, 3.8) is 0 Å². The molecule has 4 saturated heterocycles. The zero-order valence-corrected chi connectivity index (χ0v) is 27.9. The molecule has 4 aliphatic rings. The van der Waals surface area contributed by atoms with Crippen LogP contribution in [-0.4, -0.2) is 152 Å². The predicted octanol–water partition coefficient (Wildman–Crippen LogP) is 2.10. The molecule has 0 spiro atoms. The lowest BCUT2D eigenvalue weighted by atomic mass is 10.2. The topological polar surface area (TPSA) is 140 Å². The highest BCUT2D eigenvalue weighted by atomic mass is 16.6. The number of nitrogens with zero attached hydrogens (tertiary/aromatic N) is 2. The maximum atomic E-state index is 13.6. The van der Waals surface area contributed by atoms with Crippen LogP contribution in [0.4, 0.5) is 0 Å². The smallest absolute Gasteiger partial charge is 0.236 e. The van der Waals surface area contributed by atoms with E-state index >= 15 is 0 Å². The van der Waals surface area contributed by atoms with Gasteiger partial charge in [0.2, 0.25) is 11.8 Å². The van der Waals surface area contributed by atoms with Gasteiger partial charge in [-0.25, -0.2) is 5.01 Å². The molecule has 2 amide bonds. The summed E-state index contributed by atoms with van der Waals surface area (Å²) in [5, 5.41) is 7.13. The minimum Gasteiger partial charge on any atom is -0.379 e. The van der Waals surface area contributed by atoms with Crippen molar-refractivity contribution in [2.45, 2.75) is 95.0 Å². The Balaban J connectivity index is 1.16. The number of carbonyl (C=O) groups is 2. The van der Waals surface area contributed by atoms with Gasteiger partial charge in [-0.05, 0) is 57.8 Å². The average molecular weight is 658 g/mol. The molecule has 4 atom stereocenters. The van der Waals surface area contributed by atoms with E-state index < -0.39 is 0 Å². The molecule has 0 saturated carbocycles. The van der Waals surface area contributed by atoms with Gasteiger partial charge in [0.25, 0.3) is 0 Å². The Hall–Kier alpha value is -1.42. The lowest BCUT2D eigenvalue weighted by Crippen LogP contribution is -2.48. The summed E-state index contributed by atoms with van der Waals surface area (Å²) < 4.78 is 43.6. The van der Waals surface area contributed by atoms with E-state index in [0.717, 1.165) is 90.9 Å². The number of hydrazine groups is 1. The summed E-state index contributed by atoms with van der Waals surface area (Å²) in [6, 6.07) is 0. The Morgan fingerprint density at radius 3 is 1.39 bits per heavy atom. The zero-order valence-electron chi connectivity index (χ0n) is 27.9. The maximum absolute atomic E-state index is 13.6. The maximum Gasteiger partial charge on any atom is 0.236 e. The Labute approximate surface area is 275 Å². The van der Waals surface area contributed by atoms with Crippen molar-refractivity contribution in [1.29, 1.82) is 0 Å². The second-order valence-corrected chi connectivity index (χ2v) is 12.6. The standard InChI is InChI=1S/C33H59N3O10/c37-32(34-12-1-5-16-39-20-28-24-43-28)10-9-11-33(38)36(15-4-8-19-42-23-31-27-46-31)35(13-2-6-17-40-21-29-25-44-29)14-3-7-18-41-22-30-26-45-30/h28-31H,1-27H2,(H,34,37). The van der Waals surface area contributed by atoms with Gasteiger partial charge in [-0.3, -0.25) is 14.6 Å². The number of nitrogens with one attached hydrogen (secondary N) is 1. The van der Waals surface area contributed by atoms with Gasteiger partial charge < -0.3 is 43.2 Å². The lowest BCUT2D eigenvalue weighted by molar-refractivity contribution is -0.150. The van der Waals surface area contributed by atoms with E-state index in [1.54, 1.807) is 0 Å². The summed E-state index contributed by atoms with van der Waals surface area (Å²) in [5.41, 5.74) is 0. The molecule has 0 aromatic heterocycles. The second-order valence-electron chi connectivity index (χ2n) is 12.6. The van der Waals surface area contributed by atoms with E-state index in [1.165, 1.54) is 0 Å². The van der Waals surface area contributed by atoms with E-state index in [1.807, 2.05) is 5.01 Å². The average Bonchev–Trinajstić information content (AvgIpc) is 3.87. The van der Waals surface area contributed by atoms with Crippen molar-refractivity contribution in [3.8, 4) is 0 Å². The lowest BCUT2D eigenvalue weighted by Gasteiger charge is -2.35. The summed E-state index contributed by atoms with van der Waals surface area (Å²) in [5.74, 6) is 0.0645. The monoisotopic (exact) mass is 657 g/mol. The first kappa shape index (κ1) is 37.4. The highest BCUT2D eigenvalue weighted by Crippen LogP contribution is 2.14. The molecule has 4 heterocycles. The van der Waals surface area contributed by atoms with Gasteiger partial charge in [0, 0.05) is 65.4 Å². The molecule has 0 bridgehead atoms. The highest BCUT2D eigenvalue weighted by molar-refractivity contribution is 5.78. The summed E-state index contributed by atoms with van der Waals surface area (Å²) in [4.78, 5) is 26.1. The summed E-state index contributed by atoms with van der Waals surface area (Å²) in [6.45, 7) is 11.4. The molecule has 46 heavy (non-hydrogen) atoms. The Bertz CT molecular complexity index is 800. The van der Waals surface area contributed by atoms with Crippen molar-refractivity contribution in [3.05, 3.63) is 0 Å². The molecular weight excluding hydrogens is 598 g/mol. The van der Waals surface area contributed by atoms with E-state index in [2.05, 4.69) is 10.3 Å². The number of unbranched alkanes of at least 4 members (excludes halogenated alkanes) is 4. The van der Waals surface area contributed by atoms with Crippen LogP contribution in [0.1, 0.15) is 70.6 Å². The Morgan fingerprint density at radius 1 is 0.543 bits per heavy atom. The molecule has 13 nitrogen and oxygen atoms in total. The van der Waals surface area contributed by atoms with E-state index in [-0.39, 0.29) is 36.2 Å². The largest absolute Gasteiger partial charge is 0.379 e. The van der Waals surface area contributed by atoms with Crippen LogP contribution < -0.4 is 5.32 Å². The SMILES string of the molecule is O=C(CCCC(=O)N(CCCCOCC1CO1)N(CCCCOCC1CO1)CCCCOCC1CO1)NCCCCOCC1CO1. The molecule has 1 N–H and O–H groups in total. The van der Waals surface area contributed by atoms with Crippen LogP contribution in [0, 0.1) is 0 Å². The second kappa shape index (κ2) is 23.0. The number of ether oxygens (including phenoxy) is 8. The van der Waals surface area contributed by atoms with Gasteiger partial charge in [-0.15, -0.1) is 0 Å². The normalized spacial score (nSPS) is 22.6. The fourth-order valence-corrected chi connectivity index (χ4v) is 4.93. The molecule has 0 aromatic carbocycles. The van der Waals surface area contributed by atoms with Crippen molar-refractivity contribution >= 4 is 11.8 Å². The first-order valence-corrected chi connectivity index (χ1v) is 17.8. The summed E-state index contributed by atoms with van der Waals surface area (Å²) in [7, 11) is 0. The van der Waals surface area contributed by atoms with Gasteiger partial charge >= 0.3 is 0 Å². The third kappa shape index (κ3) is 19.4. The minimum absolute atomic E-state index is 0.00603. The van der Waals surface area contributed by atoms with Crippen LogP contribution in [0.5, 0.6) is 0 Å². The number of amides is 2. The van der Waals surface area contributed by atoms with Gasteiger partial charge in [0.1, 0.15) is 24.4 Å². The highest BCUT2D eigenvalue weighted by Gasteiger charge is 2.25. The van der Waals surface area contributed by atoms with Gasteiger partial charge in [-0.2, -0.15) is 0 Å². The molecule has 4 rings (SSSR count). The van der Waals surface area contributed by atoms with Crippen LogP contribution >= 0.6 is 0 Å². The van der Waals surface area contributed by atoms with Crippen molar-refractivity contribution in [2.75, 3.05) is 105 Å². The van der Waals surface area contributed by atoms with Gasteiger partial charge in [0.05, 0.1) is 52.9 Å². The van der Waals surface area contributed by atoms with Gasteiger partial charge in [-0.1, -0.05) is 0 Å². The first-order chi connectivity index (χ1) is 22.7. The third-order valence-corrected chi connectivity index (χ3v) is 8.10. The number of rotatable bonds is 33. The van der Waals surface area contributed by atoms with Crippen LogP contribution in [0.15, 0.2) is 0 Å². The molecular formula is C33H59N3O10. The molecule has 4 aliphatic heterocycles. The van der Waals surface area contributed by atoms with E-state index in [4.69, 9.17) is 37.9 Å². The molecule has 4 fully saturated rings. The number of hydrogen-bond acceptors (Lipinski definition) is 11. The summed E-state index contributed by atoms with van der Waals surface area (Å²) in [6.07, 6.45) is 9.49. The van der Waals surface area contributed by atoms with Crippen molar-refractivity contribution in [2.24, 2.45) is 0 Å². The quantitative estimate of drug-likeness (QED) is 0.0631. The fourth-order valence-electron chi connectivity index (χ4n) is 4.93. The molecule has 266 valence electrons. The van der Waals surface area contributed by atoms with Gasteiger partial charge in [0.15, 0.2) is 0 Å².